The van der Waals surface area contributed by atoms with Gasteiger partial charge in [-0.25, -0.2) is 4.39 Å². The molecular formula is C12H12BrFN2O3. The Morgan fingerprint density at radius 2 is 2.16 bits per heavy atom. The Balaban J connectivity index is 3.15. The fraction of sp³-hybridized carbons (Fsp3) is 0.333. The zero-order chi connectivity index (χ0) is 14.5. The highest BCUT2D eigenvalue weighted by molar-refractivity contribution is 9.10. The van der Waals surface area contributed by atoms with Gasteiger partial charge >= 0.3 is 0 Å². The number of nitriles is 1. The van der Waals surface area contributed by atoms with E-state index in [1.54, 1.807) is 6.07 Å². The van der Waals surface area contributed by atoms with Crippen molar-refractivity contribution in [2.45, 2.75) is 12.2 Å². The van der Waals surface area contributed by atoms with Crippen LogP contribution < -0.4 is 0 Å². The largest absolute Gasteiger partial charge is 0.410 e. The van der Waals surface area contributed by atoms with Crippen LogP contribution in [-0.4, -0.2) is 30.9 Å². The average molecular weight is 331 g/mol. The van der Waals surface area contributed by atoms with Crippen molar-refractivity contribution in [3.05, 3.63) is 34.1 Å². The Bertz CT molecular complexity index is 524. The summed E-state index contributed by atoms with van der Waals surface area (Å²) in [7, 11) is 2.65. The molecule has 19 heavy (non-hydrogen) atoms. The van der Waals surface area contributed by atoms with E-state index in [1.807, 2.05) is 0 Å². The molecular weight excluding hydrogens is 319 g/mol. The first-order valence-corrected chi connectivity index (χ1v) is 5.99. The van der Waals surface area contributed by atoms with Gasteiger partial charge in [-0.2, -0.15) is 5.26 Å². The van der Waals surface area contributed by atoms with Crippen LogP contribution in [0, 0.1) is 17.1 Å². The average Bonchev–Trinajstić information content (AvgIpc) is 2.42. The fourth-order valence-corrected chi connectivity index (χ4v) is 2.03. The van der Waals surface area contributed by atoms with E-state index in [2.05, 4.69) is 21.1 Å². The zero-order valence-electron chi connectivity index (χ0n) is 10.4. The van der Waals surface area contributed by atoms with Gasteiger partial charge in [0.15, 0.2) is 0 Å². The van der Waals surface area contributed by atoms with Crippen molar-refractivity contribution in [3.8, 4) is 6.07 Å². The third-order valence-corrected chi connectivity index (χ3v) is 3.25. The lowest BCUT2D eigenvalue weighted by Crippen LogP contribution is -2.44. The van der Waals surface area contributed by atoms with Crippen LogP contribution in [0.2, 0.25) is 0 Å². The van der Waals surface area contributed by atoms with E-state index in [1.165, 1.54) is 32.4 Å². The minimum atomic E-state index is -1.51. The molecule has 0 fully saturated rings. The number of benzene rings is 1. The number of hydrogen-bond acceptors (Lipinski definition) is 5. The molecule has 0 spiro atoms. The summed E-state index contributed by atoms with van der Waals surface area (Å²) in [5.74, 6) is -1.92. The SMILES string of the molecule is COC(Cc1ccc(F)c(Br)c1)(OC)/C(C#N)=N/O. The van der Waals surface area contributed by atoms with Crippen LogP contribution >= 0.6 is 15.9 Å². The van der Waals surface area contributed by atoms with Gasteiger partial charge in [0.1, 0.15) is 11.9 Å². The normalized spacial score (nSPS) is 12.3. The Hall–Kier alpha value is -1.49. The van der Waals surface area contributed by atoms with Gasteiger partial charge in [-0.05, 0) is 33.6 Å². The maximum absolute atomic E-state index is 13.2. The highest BCUT2D eigenvalue weighted by atomic mass is 79.9. The maximum Gasteiger partial charge on any atom is 0.229 e. The number of methoxy groups -OCH3 is 2. The molecule has 5 nitrogen and oxygen atoms in total. The summed E-state index contributed by atoms with van der Waals surface area (Å²) in [5.41, 5.74) is 0.325. The van der Waals surface area contributed by atoms with Crippen molar-refractivity contribution >= 4 is 21.6 Å². The van der Waals surface area contributed by atoms with Crippen molar-refractivity contribution in [2.75, 3.05) is 14.2 Å². The summed E-state index contributed by atoms with van der Waals surface area (Å²) in [6.45, 7) is 0. The third-order valence-electron chi connectivity index (χ3n) is 2.65. The molecule has 1 aromatic rings. The standard InChI is InChI=1S/C12H12BrFN2O3/c1-18-12(19-2,11(7-15)16-17)6-8-3-4-10(14)9(13)5-8/h3-5,17H,6H2,1-2H3/b16-11+. The summed E-state index contributed by atoms with van der Waals surface area (Å²) in [6, 6.07) is 6.04. The summed E-state index contributed by atoms with van der Waals surface area (Å²) in [4.78, 5) is 0. The van der Waals surface area contributed by atoms with Gasteiger partial charge < -0.3 is 14.7 Å². The highest BCUT2D eigenvalue weighted by Gasteiger charge is 2.38. The van der Waals surface area contributed by atoms with Gasteiger partial charge in [-0.1, -0.05) is 11.2 Å². The van der Waals surface area contributed by atoms with Crippen LogP contribution in [0.5, 0.6) is 0 Å². The van der Waals surface area contributed by atoms with Crippen LogP contribution in [0.1, 0.15) is 5.56 Å². The van der Waals surface area contributed by atoms with E-state index in [-0.39, 0.29) is 16.6 Å². The first-order chi connectivity index (χ1) is 9.02. The number of ether oxygens (including phenoxy) is 2. The van der Waals surface area contributed by atoms with Gasteiger partial charge in [0.25, 0.3) is 0 Å². The molecule has 0 heterocycles. The predicted octanol–water partition coefficient (Wildman–Crippen LogP) is 2.47. The summed E-state index contributed by atoms with van der Waals surface area (Å²) in [5, 5.41) is 20.6. The molecule has 0 saturated carbocycles. The molecule has 1 rings (SSSR count). The van der Waals surface area contributed by atoms with E-state index >= 15 is 0 Å². The van der Waals surface area contributed by atoms with Crippen LogP contribution in [0.4, 0.5) is 4.39 Å². The van der Waals surface area contributed by atoms with Gasteiger partial charge in [-0.3, -0.25) is 0 Å². The van der Waals surface area contributed by atoms with E-state index in [9.17, 15) is 4.39 Å². The van der Waals surface area contributed by atoms with Crippen LogP contribution in [-0.2, 0) is 15.9 Å². The molecule has 7 heteroatoms. The smallest absolute Gasteiger partial charge is 0.229 e. The lowest BCUT2D eigenvalue weighted by molar-refractivity contribution is -0.152. The number of rotatable bonds is 5. The summed E-state index contributed by atoms with van der Waals surface area (Å²) >= 11 is 3.07. The maximum atomic E-state index is 13.2. The van der Waals surface area contributed by atoms with Gasteiger partial charge in [0.05, 0.1) is 4.47 Å². The monoisotopic (exact) mass is 330 g/mol. The van der Waals surface area contributed by atoms with Crippen molar-refractivity contribution in [3.63, 3.8) is 0 Å². The molecule has 0 aromatic heterocycles. The molecule has 102 valence electrons. The van der Waals surface area contributed by atoms with E-state index in [0.29, 0.717) is 5.56 Å². The Kier molecular flexibility index (Phi) is 5.42. The van der Waals surface area contributed by atoms with E-state index in [0.717, 1.165) is 0 Å². The first kappa shape index (κ1) is 15.6. The Morgan fingerprint density at radius 3 is 2.58 bits per heavy atom. The lowest BCUT2D eigenvalue weighted by atomic mass is 10.0. The lowest BCUT2D eigenvalue weighted by Gasteiger charge is -2.28. The molecule has 0 bridgehead atoms. The van der Waals surface area contributed by atoms with E-state index in [4.69, 9.17) is 19.9 Å². The minimum absolute atomic E-state index is 0.0891. The number of hydrogen-bond donors (Lipinski definition) is 1. The van der Waals surface area contributed by atoms with Gasteiger partial charge in [-0.15, -0.1) is 0 Å². The topological polar surface area (TPSA) is 74.8 Å². The van der Waals surface area contributed by atoms with Crippen LogP contribution in [0.15, 0.2) is 27.8 Å². The fourth-order valence-electron chi connectivity index (χ4n) is 1.61. The zero-order valence-corrected chi connectivity index (χ0v) is 11.9. The molecule has 0 amide bonds. The van der Waals surface area contributed by atoms with Crippen LogP contribution in [0.25, 0.3) is 0 Å². The second-order valence-electron chi connectivity index (χ2n) is 3.65. The highest BCUT2D eigenvalue weighted by Crippen LogP contribution is 2.24. The molecule has 0 atom stereocenters. The Labute approximate surface area is 118 Å². The van der Waals surface area contributed by atoms with E-state index < -0.39 is 11.6 Å². The molecule has 1 aromatic carbocycles. The quantitative estimate of drug-likeness (QED) is 0.389. The molecule has 0 unspecified atom stereocenters. The molecule has 0 aliphatic heterocycles. The predicted molar refractivity (Wildman–Crippen MR) is 69.4 cm³/mol. The van der Waals surface area contributed by atoms with Crippen molar-refractivity contribution in [1.82, 2.24) is 0 Å². The van der Waals surface area contributed by atoms with Crippen molar-refractivity contribution < 1.29 is 19.1 Å². The summed E-state index contributed by atoms with van der Waals surface area (Å²) < 4.78 is 23.8. The Morgan fingerprint density at radius 1 is 1.53 bits per heavy atom. The second kappa shape index (κ2) is 6.61. The number of halogens is 2. The molecule has 0 radical (unpaired) electrons. The third kappa shape index (κ3) is 3.29. The molecule has 0 aliphatic carbocycles. The van der Waals surface area contributed by atoms with Crippen molar-refractivity contribution in [1.29, 1.82) is 5.26 Å². The van der Waals surface area contributed by atoms with Gasteiger partial charge in [0.2, 0.25) is 11.5 Å². The summed E-state index contributed by atoms with van der Waals surface area (Å²) in [6.07, 6.45) is 0.0891. The molecule has 1 N–H and O–H groups in total. The van der Waals surface area contributed by atoms with Crippen LogP contribution in [0.3, 0.4) is 0 Å². The second-order valence-corrected chi connectivity index (χ2v) is 4.50. The molecule has 0 aliphatic rings. The minimum Gasteiger partial charge on any atom is -0.410 e. The van der Waals surface area contributed by atoms with Crippen molar-refractivity contribution in [2.24, 2.45) is 5.16 Å². The van der Waals surface area contributed by atoms with Gasteiger partial charge in [0, 0.05) is 20.6 Å². The number of oxime groups is 1. The first-order valence-electron chi connectivity index (χ1n) is 5.20. The number of nitrogens with zero attached hydrogens (tertiary/aromatic N) is 2. The molecule has 0 saturated heterocycles.